The van der Waals surface area contributed by atoms with Crippen LogP contribution in [0.15, 0.2) is 4.99 Å². The van der Waals surface area contributed by atoms with Gasteiger partial charge in [-0.25, -0.2) is 4.98 Å². The van der Waals surface area contributed by atoms with E-state index in [4.69, 9.17) is 11.5 Å². The molecular formula is C7H12N4S. The highest BCUT2D eigenvalue weighted by molar-refractivity contribution is 7.17. The van der Waals surface area contributed by atoms with Crippen molar-refractivity contribution in [3.05, 3.63) is 10.6 Å². The molecule has 0 saturated carbocycles. The Morgan fingerprint density at radius 3 is 2.75 bits per heavy atom. The number of nitrogens with zero attached hydrogens (tertiary/aromatic N) is 2. The Hall–Kier alpha value is -1.10. The Morgan fingerprint density at radius 1 is 1.67 bits per heavy atom. The maximum absolute atomic E-state index is 5.68. The minimum absolute atomic E-state index is 0.532. The van der Waals surface area contributed by atoms with Crippen LogP contribution in [0.25, 0.3) is 0 Å². The molecule has 0 aliphatic rings. The summed E-state index contributed by atoms with van der Waals surface area (Å²) in [4.78, 5) is 9.01. The van der Waals surface area contributed by atoms with E-state index >= 15 is 0 Å². The van der Waals surface area contributed by atoms with E-state index in [2.05, 4.69) is 9.98 Å². The first-order valence-corrected chi connectivity index (χ1v) is 4.50. The third kappa shape index (κ3) is 1.73. The first-order chi connectivity index (χ1) is 5.65. The SMILES string of the molecule is CCN=C(N)c1sc(N)nc1C. The molecule has 0 aromatic carbocycles. The van der Waals surface area contributed by atoms with Crippen molar-refractivity contribution in [1.29, 1.82) is 0 Å². The summed E-state index contributed by atoms with van der Waals surface area (Å²) in [6, 6.07) is 0. The Labute approximate surface area is 75.3 Å². The minimum atomic E-state index is 0.532. The molecule has 4 N–H and O–H groups in total. The van der Waals surface area contributed by atoms with Crippen molar-refractivity contribution < 1.29 is 0 Å². The number of hydrogen-bond acceptors (Lipinski definition) is 4. The average molecular weight is 184 g/mol. The van der Waals surface area contributed by atoms with Crippen molar-refractivity contribution in [2.24, 2.45) is 10.7 Å². The van der Waals surface area contributed by atoms with Gasteiger partial charge in [-0.3, -0.25) is 4.99 Å². The van der Waals surface area contributed by atoms with Gasteiger partial charge in [-0.15, -0.1) is 0 Å². The van der Waals surface area contributed by atoms with Gasteiger partial charge < -0.3 is 11.5 Å². The van der Waals surface area contributed by atoms with Gasteiger partial charge in [-0.05, 0) is 13.8 Å². The van der Waals surface area contributed by atoms with Crippen molar-refractivity contribution >= 4 is 22.3 Å². The molecule has 0 bridgehead atoms. The first-order valence-electron chi connectivity index (χ1n) is 3.68. The molecule has 0 atom stereocenters. The van der Waals surface area contributed by atoms with Crippen molar-refractivity contribution in [3.63, 3.8) is 0 Å². The second-order valence-electron chi connectivity index (χ2n) is 2.33. The molecule has 1 aromatic heterocycles. The third-order valence-electron chi connectivity index (χ3n) is 1.37. The van der Waals surface area contributed by atoms with Crippen LogP contribution in [-0.2, 0) is 0 Å². The molecule has 1 rings (SSSR count). The van der Waals surface area contributed by atoms with Crippen LogP contribution in [0.4, 0.5) is 5.13 Å². The smallest absolute Gasteiger partial charge is 0.180 e. The second kappa shape index (κ2) is 3.53. The van der Waals surface area contributed by atoms with E-state index in [1.807, 2.05) is 13.8 Å². The fraction of sp³-hybridized carbons (Fsp3) is 0.429. The molecule has 0 fully saturated rings. The summed E-state index contributed by atoms with van der Waals surface area (Å²) in [5.41, 5.74) is 12.0. The van der Waals surface area contributed by atoms with Crippen LogP contribution in [0.5, 0.6) is 0 Å². The highest BCUT2D eigenvalue weighted by Gasteiger charge is 2.07. The van der Waals surface area contributed by atoms with Crippen molar-refractivity contribution in [2.75, 3.05) is 12.3 Å². The molecule has 0 saturated heterocycles. The van der Waals surface area contributed by atoms with Gasteiger partial charge in [0, 0.05) is 6.54 Å². The number of amidine groups is 1. The summed E-state index contributed by atoms with van der Waals surface area (Å²) in [7, 11) is 0. The summed E-state index contributed by atoms with van der Waals surface area (Å²) >= 11 is 1.37. The van der Waals surface area contributed by atoms with E-state index < -0.39 is 0 Å². The maximum Gasteiger partial charge on any atom is 0.180 e. The van der Waals surface area contributed by atoms with Crippen LogP contribution in [0, 0.1) is 6.92 Å². The molecule has 0 amide bonds. The standard InChI is InChI=1S/C7H12N4S/c1-3-10-6(8)5-4(2)11-7(9)12-5/h3H2,1-2H3,(H2,8,10)(H2,9,11). The van der Waals surface area contributed by atoms with Gasteiger partial charge in [0.15, 0.2) is 5.13 Å². The predicted octanol–water partition coefficient (Wildman–Crippen LogP) is 0.759. The van der Waals surface area contributed by atoms with Gasteiger partial charge in [0.25, 0.3) is 0 Å². The van der Waals surface area contributed by atoms with Crippen molar-refractivity contribution in [3.8, 4) is 0 Å². The number of nitrogens with two attached hydrogens (primary N) is 2. The Kier molecular flexibility index (Phi) is 2.65. The Bertz CT molecular complexity index is 302. The normalized spacial score (nSPS) is 12.0. The molecule has 12 heavy (non-hydrogen) atoms. The summed E-state index contributed by atoms with van der Waals surface area (Å²) in [6.07, 6.45) is 0. The lowest BCUT2D eigenvalue weighted by Gasteiger charge is -1.94. The number of aryl methyl sites for hydroxylation is 1. The third-order valence-corrected chi connectivity index (χ3v) is 2.38. The zero-order valence-corrected chi connectivity index (χ0v) is 7.98. The van der Waals surface area contributed by atoms with Gasteiger partial charge >= 0.3 is 0 Å². The van der Waals surface area contributed by atoms with Gasteiger partial charge in [0.2, 0.25) is 0 Å². The fourth-order valence-electron chi connectivity index (χ4n) is 0.897. The molecule has 1 heterocycles. The lowest BCUT2D eigenvalue weighted by Crippen LogP contribution is -2.13. The molecular weight excluding hydrogens is 172 g/mol. The maximum atomic E-state index is 5.68. The molecule has 1 aromatic rings. The lowest BCUT2D eigenvalue weighted by molar-refractivity contribution is 1.12. The second-order valence-corrected chi connectivity index (χ2v) is 3.36. The van der Waals surface area contributed by atoms with Crippen LogP contribution >= 0.6 is 11.3 Å². The summed E-state index contributed by atoms with van der Waals surface area (Å²) < 4.78 is 0. The van der Waals surface area contributed by atoms with Crippen molar-refractivity contribution in [1.82, 2.24) is 4.98 Å². The Balaban J connectivity index is 3.02. The number of hydrogen-bond donors (Lipinski definition) is 2. The zero-order chi connectivity index (χ0) is 9.14. The van der Waals surface area contributed by atoms with Crippen LogP contribution in [-0.4, -0.2) is 17.4 Å². The van der Waals surface area contributed by atoms with Crippen LogP contribution in [0.2, 0.25) is 0 Å². The van der Waals surface area contributed by atoms with Crippen molar-refractivity contribution in [2.45, 2.75) is 13.8 Å². The molecule has 66 valence electrons. The van der Waals surface area contributed by atoms with E-state index in [-0.39, 0.29) is 0 Å². The predicted molar refractivity (Wildman–Crippen MR) is 52.5 cm³/mol. The van der Waals surface area contributed by atoms with E-state index in [1.54, 1.807) is 0 Å². The van der Waals surface area contributed by atoms with E-state index in [1.165, 1.54) is 11.3 Å². The summed E-state index contributed by atoms with van der Waals surface area (Å²) in [6.45, 7) is 4.50. The number of rotatable bonds is 2. The number of aromatic nitrogens is 1. The summed E-state index contributed by atoms with van der Waals surface area (Å²) in [5.74, 6) is 0.532. The molecule has 0 aliphatic heterocycles. The minimum Gasteiger partial charge on any atom is -0.383 e. The average Bonchev–Trinajstić information content (AvgIpc) is 2.30. The number of aliphatic imine (C=N–C) groups is 1. The number of anilines is 1. The molecule has 0 aliphatic carbocycles. The molecule has 0 spiro atoms. The molecule has 5 heteroatoms. The monoisotopic (exact) mass is 184 g/mol. The van der Waals surface area contributed by atoms with E-state index in [9.17, 15) is 0 Å². The van der Waals surface area contributed by atoms with Gasteiger partial charge in [-0.1, -0.05) is 11.3 Å². The van der Waals surface area contributed by atoms with Gasteiger partial charge in [0.1, 0.15) is 5.84 Å². The number of nitrogen functional groups attached to an aromatic ring is 1. The highest BCUT2D eigenvalue weighted by atomic mass is 32.1. The van der Waals surface area contributed by atoms with Gasteiger partial charge in [0.05, 0.1) is 10.6 Å². The fourth-order valence-corrected chi connectivity index (χ4v) is 1.65. The first kappa shape index (κ1) is 8.99. The lowest BCUT2D eigenvalue weighted by atomic mass is 10.4. The summed E-state index contributed by atoms with van der Waals surface area (Å²) in [5, 5.41) is 0.539. The molecule has 0 unspecified atom stereocenters. The zero-order valence-electron chi connectivity index (χ0n) is 7.16. The topological polar surface area (TPSA) is 77.3 Å². The number of thiazole rings is 1. The van der Waals surface area contributed by atoms with Crippen LogP contribution in [0.3, 0.4) is 0 Å². The Morgan fingerprint density at radius 2 is 2.33 bits per heavy atom. The highest BCUT2D eigenvalue weighted by Crippen LogP contribution is 2.18. The van der Waals surface area contributed by atoms with Gasteiger partial charge in [-0.2, -0.15) is 0 Å². The van der Waals surface area contributed by atoms with E-state index in [0.29, 0.717) is 17.5 Å². The largest absolute Gasteiger partial charge is 0.383 e. The van der Waals surface area contributed by atoms with E-state index in [0.717, 1.165) is 10.6 Å². The molecule has 4 nitrogen and oxygen atoms in total. The van der Waals surface area contributed by atoms with Crippen LogP contribution in [0.1, 0.15) is 17.5 Å². The van der Waals surface area contributed by atoms with Crippen LogP contribution < -0.4 is 11.5 Å². The quantitative estimate of drug-likeness (QED) is 0.526. The molecule has 0 radical (unpaired) electrons.